The first-order valence-corrected chi connectivity index (χ1v) is 5.09. The van der Waals surface area contributed by atoms with Crippen LogP contribution in [0.25, 0.3) is 0 Å². The maximum atomic E-state index is 11.7. The van der Waals surface area contributed by atoms with Gasteiger partial charge in [-0.05, 0) is 38.1 Å². The fourth-order valence-electron chi connectivity index (χ4n) is 1.02. The van der Waals surface area contributed by atoms with E-state index >= 15 is 0 Å². The van der Waals surface area contributed by atoms with Crippen LogP contribution in [-0.2, 0) is 4.79 Å². The summed E-state index contributed by atoms with van der Waals surface area (Å²) in [7, 11) is 0. The Morgan fingerprint density at radius 2 is 1.75 bits per heavy atom. The van der Waals surface area contributed by atoms with Gasteiger partial charge >= 0.3 is 0 Å². The molecule has 1 rings (SSSR count). The van der Waals surface area contributed by atoms with E-state index in [0.29, 0.717) is 10.6 Å². The molecule has 0 aliphatic rings. The van der Waals surface area contributed by atoms with E-state index in [-0.39, 0.29) is 5.91 Å². The average Bonchev–Trinajstić information content (AvgIpc) is 2.17. The van der Waals surface area contributed by atoms with E-state index in [1.54, 1.807) is 38.1 Å². The number of rotatable bonds is 3. The molecular formula is C11H13ClN2O2. The van der Waals surface area contributed by atoms with Crippen molar-refractivity contribution in [1.29, 1.82) is 0 Å². The third-order valence-corrected chi connectivity index (χ3v) is 2.40. The highest BCUT2D eigenvalue weighted by molar-refractivity contribution is 6.30. The Morgan fingerprint density at radius 1 is 1.25 bits per heavy atom. The van der Waals surface area contributed by atoms with E-state index in [0.717, 1.165) is 0 Å². The van der Waals surface area contributed by atoms with Crippen LogP contribution in [0.2, 0.25) is 5.02 Å². The van der Waals surface area contributed by atoms with Crippen molar-refractivity contribution < 1.29 is 9.59 Å². The molecule has 3 N–H and O–H groups in total. The van der Waals surface area contributed by atoms with E-state index in [4.69, 9.17) is 17.3 Å². The number of primary amides is 1. The minimum atomic E-state index is -1.07. The predicted molar refractivity (Wildman–Crippen MR) is 62.2 cm³/mol. The molecular weight excluding hydrogens is 228 g/mol. The minimum absolute atomic E-state index is 0.361. The van der Waals surface area contributed by atoms with Gasteiger partial charge in [-0.1, -0.05) is 11.6 Å². The molecule has 0 unspecified atom stereocenters. The van der Waals surface area contributed by atoms with Crippen molar-refractivity contribution in [3.63, 3.8) is 0 Å². The first-order chi connectivity index (χ1) is 7.33. The zero-order valence-electron chi connectivity index (χ0n) is 9.08. The smallest absolute Gasteiger partial charge is 0.252 e. The summed E-state index contributed by atoms with van der Waals surface area (Å²) in [6.07, 6.45) is 0. The first kappa shape index (κ1) is 12.5. The molecule has 86 valence electrons. The van der Waals surface area contributed by atoms with Gasteiger partial charge in [0.2, 0.25) is 5.91 Å². The highest BCUT2D eigenvalue weighted by atomic mass is 35.5. The molecule has 0 spiro atoms. The number of nitrogens with one attached hydrogen (secondary N) is 1. The van der Waals surface area contributed by atoms with Crippen molar-refractivity contribution in [2.45, 2.75) is 19.4 Å². The topological polar surface area (TPSA) is 72.2 Å². The average molecular weight is 241 g/mol. The molecule has 5 heteroatoms. The molecule has 0 atom stereocenters. The molecule has 0 aliphatic heterocycles. The van der Waals surface area contributed by atoms with Gasteiger partial charge in [0.15, 0.2) is 0 Å². The van der Waals surface area contributed by atoms with Crippen molar-refractivity contribution in [2.24, 2.45) is 5.73 Å². The van der Waals surface area contributed by atoms with E-state index in [9.17, 15) is 9.59 Å². The zero-order chi connectivity index (χ0) is 12.3. The minimum Gasteiger partial charge on any atom is -0.368 e. The molecule has 0 saturated heterocycles. The zero-order valence-corrected chi connectivity index (χ0v) is 9.84. The van der Waals surface area contributed by atoms with Gasteiger partial charge in [0.05, 0.1) is 0 Å². The van der Waals surface area contributed by atoms with Crippen LogP contribution in [0.1, 0.15) is 24.2 Å². The summed E-state index contributed by atoms with van der Waals surface area (Å²) in [4.78, 5) is 22.7. The number of carbonyl (C=O) groups excluding carboxylic acids is 2. The second-order valence-electron chi connectivity index (χ2n) is 3.95. The van der Waals surface area contributed by atoms with Crippen LogP contribution in [0.15, 0.2) is 24.3 Å². The number of halogens is 1. The van der Waals surface area contributed by atoms with Gasteiger partial charge in [-0.3, -0.25) is 9.59 Å². The summed E-state index contributed by atoms with van der Waals surface area (Å²) in [5.74, 6) is -0.949. The lowest BCUT2D eigenvalue weighted by molar-refractivity contribution is -0.122. The van der Waals surface area contributed by atoms with Gasteiger partial charge < -0.3 is 11.1 Å². The number of nitrogens with two attached hydrogens (primary N) is 1. The van der Waals surface area contributed by atoms with Gasteiger partial charge in [0.1, 0.15) is 5.54 Å². The van der Waals surface area contributed by atoms with Crippen molar-refractivity contribution in [1.82, 2.24) is 5.32 Å². The second kappa shape index (κ2) is 4.53. The fourth-order valence-corrected chi connectivity index (χ4v) is 1.14. The van der Waals surface area contributed by atoms with Crippen molar-refractivity contribution >= 4 is 23.4 Å². The van der Waals surface area contributed by atoms with E-state index < -0.39 is 11.4 Å². The summed E-state index contributed by atoms with van der Waals surface area (Å²) in [5, 5.41) is 3.08. The third kappa shape index (κ3) is 2.97. The molecule has 0 fully saturated rings. The van der Waals surface area contributed by atoms with E-state index in [1.807, 2.05) is 0 Å². The van der Waals surface area contributed by atoms with Gasteiger partial charge in [0.25, 0.3) is 5.91 Å². The largest absolute Gasteiger partial charge is 0.368 e. The van der Waals surface area contributed by atoms with Crippen LogP contribution in [0.4, 0.5) is 0 Å². The van der Waals surface area contributed by atoms with Gasteiger partial charge in [0, 0.05) is 10.6 Å². The lowest BCUT2D eigenvalue weighted by Crippen LogP contribution is -2.52. The molecule has 0 aliphatic carbocycles. The first-order valence-electron chi connectivity index (χ1n) is 4.71. The monoisotopic (exact) mass is 240 g/mol. The summed E-state index contributed by atoms with van der Waals surface area (Å²) >= 11 is 5.69. The standard InChI is InChI=1S/C11H13ClN2O2/c1-11(2,10(13)16)14-9(15)7-3-5-8(12)6-4-7/h3-6H,1-2H3,(H2,13,16)(H,14,15). The molecule has 1 aromatic carbocycles. The van der Waals surface area contributed by atoms with Crippen molar-refractivity contribution in [2.75, 3.05) is 0 Å². The van der Waals surface area contributed by atoms with Crippen molar-refractivity contribution in [3.05, 3.63) is 34.9 Å². The van der Waals surface area contributed by atoms with Gasteiger partial charge in [-0.2, -0.15) is 0 Å². The lowest BCUT2D eigenvalue weighted by atomic mass is 10.0. The number of amides is 2. The van der Waals surface area contributed by atoms with Gasteiger partial charge in [-0.25, -0.2) is 0 Å². The van der Waals surface area contributed by atoms with Crippen molar-refractivity contribution in [3.8, 4) is 0 Å². The molecule has 2 amide bonds. The molecule has 0 aromatic heterocycles. The Hall–Kier alpha value is -1.55. The van der Waals surface area contributed by atoms with Crippen LogP contribution in [0, 0.1) is 0 Å². The molecule has 0 bridgehead atoms. The molecule has 0 radical (unpaired) electrons. The lowest BCUT2D eigenvalue weighted by Gasteiger charge is -2.22. The number of carbonyl (C=O) groups is 2. The summed E-state index contributed by atoms with van der Waals surface area (Å²) in [6.45, 7) is 3.09. The normalized spacial score (nSPS) is 10.9. The van der Waals surface area contributed by atoms with Crippen LogP contribution in [0.5, 0.6) is 0 Å². The Morgan fingerprint density at radius 3 is 2.19 bits per heavy atom. The molecule has 16 heavy (non-hydrogen) atoms. The SMILES string of the molecule is CC(C)(NC(=O)c1ccc(Cl)cc1)C(N)=O. The molecule has 4 nitrogen and oxygen atoms in total. The van der Waals surface area contributed by atoms with Crippen LogP contribution in [-0.4, -0.2) is 17.4 Å². The third-order valence-electron chi connectivity index (χ3n) is 2.15. The van der Waals surface area contributed by atoms with E-state index in [1.165, 1.54) is 0 Å². The fraction of sp³-hybridized carbons (Fsp3) is 0.273. The summed E-state index contributed by atoms with van der Waals surface area (Å²) in [5.41, 5.74) is 4.50. The highest BCUT2D eigenvalue weighted by Crippen LogP contribution is 2.10. The Bertz CT molecular complexity index is 412. The number of hydrogen-bond acceptors (Lipinski definition) is 2. The Balaban J connectivity index is 2.81. The van der Waals surface area contributed by atoms with Gasteiger partial charge in [-0.15, -0.1) is 0 Å². The van der Waals surface area contributed by atoms with E-state index in [2.05, 4.69) is 5.32 Å². The van der Waals surface area contributed by atoms with Crippen LogP contribution < -0.4 is 11.1 Å². The Kier molecular flexibility index (Phi) is 3.55. The molecule has 0 heterocycles. The number of benzene rings is 1. The van der Waals surface area contributed by atoms with Crippen LogP contribution in [0.3, 0.4) is 0 Å². The summed E-state index contributed by atoms with van der Waals surface area (Å²) in [6, 6.07) is 6.37. The predicted octanol–water partition coefficient (Wildman–Crippen LogP) is 1.33. The second-order valence-corrected chi connectivity index (χ2v) is 4.39. The maximum absolute atomic E-state index is 11.7. The summed E-state index contributed by atoms with van der Waals surface area (Å²) < 4.78 is 0. The molecule has 0 saturated carbocycles. The highest BCUT2D eigenvalue weighted by Gasteiger charge is 2.27. The van der Waals surface area contributed by atoms with Crippen LogP contribution >= 0.6 is 11.6 Å². The number of hydrogen-bond donors (Lipinski definition) is 2. The molecule has 1 aromatic rings. The Labute approximate surface area is 98.8 Å². The quantitative estimate of drug-likeness (QED) is 0.837. The maximum Gasteiger partial charge on any atom is 0.252 e.